The van der Waals surface area contributed by atoms with E-state index in [9.17, 15) is 9.90 Å². The molecule has 5 nitrogen and oxygen atoms in total. The summed E-state index contributed by atoms with van der Waals surface area (Å²) in [6.45, 7) is 2.01. The highest BCUT2D eigenvalue weighted by Crippen LogP contribution is 2.28. The Balaban J connectivity index is 1.91. The minimum atomic E-state index is -1.11. The SMILES string of the molecule is CCOC(=O)C(O)Cc1ccn(C2CCCC2)n1. The number of ether oxygens (including phenoxy) is 1. The summed E-state index contributed by atoms with van der Waals surface area (Å²) in [6.07, 6.45) is 5.89. The van der Waals surface area contributed by atoms with Crippen molar-refractivity contribution >= 4 is 5.97 Å². The maximum absolute atomic E-state index is 11.3. The zero-order valence-corrected chi connectivity index (χ0v) is 10.7. The lowest BCUT2D eigenvalue weighted by molar-refractivity contribution is -0.152. The van der Waals surface area contributed by atoms with E-state index >= 15 is 0 Å². The van der Waals surface area contributed by atoms with Gasteiger partial charge in [-0.2, -0.15) is 5.10 Å². The molecule has 18 heavy (non-hydrogen) atoms. The average Bonchev–Trinajstić information content (AvgIpc) is 2.98. The van der Waals surface area contributed by atoms with Crippen LogP contribution in [0.1, 0.15) is 44.3 Å². The maximum atomic E-state index is 11.3. The normalized spacial score (nSPS) is 17.9. The van der Waals surface area contributed by atoms with Gasteiger partial charge in [-0.1, -0.05) is 12.8 Å². The van der Waals surface area contributed by atoms with E-state index < -0.39 is 12.1 Å². The van der Waals surface area contributed by atoms with Crippen molar-refractivity contribution in [1.29, 1.82) is 0 Å². The summed E-state index contributed by atoms with van der Waals surface area (Å²) in [6, 6.07) is 2.35. The molecule has 1 aromatic rings. The quantitative estimate of drug-likeness (QED) is 0.806. The van der Waals surface area contributed by atoms with Crippen molar-refractivity contribution in [2.24, 2.45) is 0 Å². The fraction of sp³-hybridized carbons (Fsp3) is 0.692. The maximum Gasteiger partial charge on any atom is 0.335 e. The molecule has 100 valence electrons. The zero-order valence-electron chi connectivity index (χ0n) is 10.7. The molecule has 1 aliphatic rings. The first-order valence-electron chi connectivity index (χ1n) is 6.59. The van der Waals surface area contributed by atoms with Gasteiger partial charge in [0.15, 0.2) is 6.10 Å². The van der Waals surface area contributed by atoms with Gasteiger partial charge in [0.25, 0.3) is 0 Å². The summed E-state index contributed by atoms with van der Waals surface area (Å²) in [7, 11) is 0. The summed E-state index contributed by atoms with van der Waals surface area (Å²) < 4.78 is 6.72. The first kappa shape index (κ1) is 13.1. The van der Waals surface area contributed by atoms with Gasteiger partial charge in [0.2, 0.25) is 0 Å². The molecule has 1 fully saturated rings. The van der Waals surface area contributed by atoms with Crippen molar-refractivity contribution in [3.63, 3.8) is 0 Å². The van der Waals surface area contributed by atoms with Gasteiger partial charge in [-0.3, -0.25) is 4.68 Å². The van der Waals surface area contributed by atoms with E-state index in [1.807, 2.05) is 16.9 Å². The van der Waals surface area contributed by atoms with Gasteiger partial charge in [0.1, 0.15) is 0 Å². The van der Waals surface area contributed by atoms with E-state index in [1.165, 1.54) is 25.7 Å². The Labute approximate surface area is 107 Å². The highest BCUT2D eigenvalue weighted by molar-refractivity contribution is 5.74. The molecule has 5 heteroatoms. The third-order valence-electron chi connectivity index (χ3n) is 3.32. The van der Waals surface area contributed by atoms with Crippen molar-refractivity contribution in [3.8, 4) is 0 Å². The number of hydrogen-bond acceptors (Lipinski definition) is 4. The van der Waals surface area contributed by atoms with Crippen LogP contribution in [0.2, 0.25) is 0 Å². The molecule has 0 saturated heterocycles. The van der Waals surface area contributed by atoms with Gasteiger partial charge in [0.05, 0.1) is 18.3 Å². The molecule has 1 aromatic heterocycles. The topological polar surface area (TPSA) is 64.3 Å². The lowest BCUT2D eigenvalue weighted by atomic mass is 10.2. The first-order valence-corrected chi connectivity index (χ1v) is 6.59. The zero-order chi connectivity index (χ0) is 13.0. The van der Waals surface area contributed by atoms with E-state index in [-0.39, 0.29) is 13.0 Å². The first-order chi connectivity index (χ1) is 8.70. The standard InChI is InChI=1S/C13H20N2O3/c1-2-18-13(17)12(16)9-10-7-8-15(14-10)11-5-3-4-6-11/h7-8,11-12,16H,2-6,9H2,1H3. The van der Waals surface area contributed by atoms with Crippen molar-refractivity contribution in [2.45, 2.75) is 51.2 Å². The molecule has 2 rings (SSSR count). The Hall–Kier alpha value is -1.36. The van der Waals surface area contributed by atoms with Crippen molar-refractivity contribution < 1.29 is 14.6 Å². The third-order valence-corrected chi connectivity index (χ3v) is 3.32. The summed E-state index contributed by atoms with van der Waals surface area (Å²) in [5.74, 6) is -0.576. The van der Waals surface area contributed by atoms with Crippen LogP contribution < -0.4 is 0 Å². The molecular weight excluding hydrogens is 232 g/mol. The van der Waals surface area contributed by atoms with Crippen LogP contribution in [0.4, 0.5) is 0 Å². The Kier molecular flexibility index (Phi) is 4.36. The van der Waals surface area contributed by atoms with Crippen molar-refractivity contribution in [1.82, 2.24) is 9.78 Å². The average molecular weight is 252 g/mol. The summed E-state index contributed by atoms with van der Waals surface area (Å²) in [5, 5.41) is 14.1. The third kappa shape index (κ3) is 3.10. The van der Waals surface area contributed by atoms with Gasteiger partial charge < -0.3 is 9.84 Å². The van der Waals surface area contributed by atoms with Crippen LogP contribution in [-0.2, 0) is 16.0 Å². The largest absolute Gasteiger partial charge is 0.464 e. The molecule has 1 aliphatic carbocycles. The van der Waals surface area contributed by atoms with E-state index in [2.05, 4.69) is 5.10 Å². The van der Waals surface area contributed by atoms with Crippen LogP contribution in [0.5, 0.6) is 0 Å². The lowest BCUT2D eigenvalue weighted by Crippen LogP contribution is -2.25. The molecule has 0 aliphatic heterocycles. The second kappa shape index (κ2) is 6.00. The second-order valence-corrected chi connectivity index (χ2v) is 4.70. The molecule has 1 atom stereocenters. The number of esters is 1. The molecule has 1 unspecified atom stereocenters. The van der Waals surface area contributed by atoms with Crippen LogP contribution >= 0.6 is 0 Å². The highest BCUT2D eigenvalue weighted by Gasteiger charge is 2.20. The summed E-state index contributed by atoms with van der Waals surface area (Å²) in [5.41, 5.74) is 0.738. The number of carbonyl (C=O) groups excluding carboxylic acids is 1. The number of nitrogens with zero attached hydrogens (tertiary/aromatic N) is 2. The Morgan fingerprint density at radius 2 is 2.33 bits per heavy atom. The number of aliphatic hydroxyl groups excluding tert-OH is 1. The van der Waals surface area contributed by atoms with E-state index in [0.29, 0.717) is 6.04 Å². The van der Waals surface area contributed by atoms with Gasteiger partial charge in [-0.15, -0.1) is 0 Å². The molecule has 0 spiro atoms. The smallest absolute Gasteiger partial charge is 0.335 e. The predicted molar refractivity (Wildman–Crippen MR) is 66.1 cm³/mol. The lowest BCUT2D eigenvalue weighted by Gasteiger charge is -2.10. The van der Waals surface area contributed by atoms with E-state index in [0.717, 1.165) is 5.69 Å². The van der Waals surface area contributed by atoms with Crippen LogP contribution in [0.3, 0.4) is 0 Å². The van der Waals surface area contributed by atoms with Crippen LogP contribution in [0.25, 0.3) is 0 Å². The number of aromatic nitrogens is 2. The molecule has 1 N–H and O–H groups in total. The van der Waals surface area contributed by atoms with Crippen LogP contribution in [-0.4, -0.2) is 33.6 Å². The predicted octanol–water partition coefficient (Wildman–Crippen LogP) is 1.46. The fourth-order valence-corrected chi connectivity index (χ4v) is 2.38. The number of rotatable bonds is 5. The number of hydrogen-bond donors (Lipinski definition) is 1. The Morgan fingerprint density at radius 1 is 1.61 bits per heavy atom. The minimum Gasteiger partial charge on any atom is -0.464 e. The van der Waals surface area contributed by atoms with Crippen molar-refractivity contribution in [2.75, 3.05) is 6.61 Å². The number of carbonyl (C=O) groups is 1. The Bertz CT molecular complexity index is 397. The fourth-order valence-electron chi connectivity index (χ4n) is 2.38. The van der Waals surface area contributed by atoms with Gasteiger partial charge in [-0.05, 0) is 25.8 Å². The summed E-state index contributed by atoms with van der Waals surface area (Å²) in [4.78, 5) is 11.3. The molecule has 0 aromatic carbocycles. The second-order valence-electron chi connectivity index (χ2n) is 4.70. The Morgan fingerprint density at radius 3 is 3.00 bits per heavy atom. The van der Waals surface area contributed by atoms with Crippen molar-refractivity contribution in [3.05, 3.63) is 18.0 Å². The molecule has 1 heterocycles. The molecule has 0 radical (unpaired) electrons. The monoisotopic (exact) mass is 252 g/mol. The van der Waals surface area contributed by atoms with Gasteiger partial charge in [0, 0.05) is 12.6 Å². The molecule has 0 amide bonds. The van der Waals surface area contributed by atoms with E-state index in [1.54, 1.807) is 6.92 Å². The molecular formula is C13H20N2O3. The molecule has 0 bridgehead atoms. The van der Waals surface area contributed by atoms with Crippen LogP contribution in [0, 0.1) is 0 Å². The van der Waals surface area contributed by atoms with Gasteiger partial charge >= 0.3 is 5.97 Å². The summed E-state index contributed by atoms with van der Waals surface area (Å²) >= 11 is 0. The minimum absolute atomic E-state index is 0.221. The molecule has 1 saturated carbocycles. The van der Waals surface area contributed by atoms with Crippen LogP contribution in [0.15, 0.2) is 12.3 Å². The van der Waals surface area contributed by atoms with E-state index in [4.69, 9.17) is 4.74 Å². The highest BCUT2D eigenvalue weighted by atomic mass is 16.5. The van der Waals surface area contributed by atoms with Gasteiger partial charge in [-0.25, -0.2) is 4.79 Å². The number of aliphatic hydroxyl groups is 1.